The average molecular weight is 270 g/mol. The Hall–Kier alpha value is -0.650. The number of rotatable bonds is 5. The van der Waals surface area contributed by atoms with Crippen molar-refractivity contribution in [1.29, 1.82) is 0 Å². The van der Waals surface area contributed by atoms with Crippen molar-refractivity contribution < 1.29 is 14.6 Å². The summed E-state index contributed by atoms with van der Waals surface area (Å²) in [6, 6.07) is 0. The molecule has 0 bridgehead atoms. The molecule has 5 heteroatoms. The monoisotopic (exact) mass is 270 g/mol. The van der Waals surface area contributed by atoms with Gasteiger partial charge in [0.2, 0.25) is 0 Å². The second-order valence-electron chi connectivity index (χ2n) is 5.69. The van der Waals surface area contributed by atoms with Gasteiger partial charge in [-0.25, -0.2) is 0 Å². The first kappa shape index (κ1) is 14.8. The van der Waals surface area contributed by atoms with Crippen molar-refractivity contribution in [3.05, 3.63) is 0 Å². The molecule has 2 fully saturated rings. The van der Waals surface area contributed by atoms with Crippen LogP contribution in [0.15, 0.2) is 0 Å². The number of hydrogen-bond donors (Lipinski definition) is 2. The minimum absolute atomic E-state index is 0.196. The van der Waals surface area contributed by atoms with Crippen LogP contribution < -0.4 is 5.32 Å². The second kappa shape index (κ2) is 6.68. The number of carboxylic acid groups (broad SMARTS) is 1. The van der Waals surface area contributed by atoms with Crippen LogP contribution in [0.3, 0.4) is 0 Å². The Bertz CT molecular complexity index is 305. The Morgan fingerprint density at radius 1 is 1.42 bits per heavy atom. The number of carbonyl (C=O) groups is 1. The van der Waals surface area contributed by atoms with Gasteiger partial charge in [-0.05, 0) is 45.2 Å². The van der Waals surface area contributed by atoms with Crippen LogP contribution >= 0.6 is 0 Å². The first-order chi connectivity index (χ1) is 9.16. The molecule has 2 atom stereocenters. The molecule has 2 N–H and O–H groups in total. The van der Waals surface area contributed by atoms with E-state index >= 15 is 0 Å². The molecular weight excluding hydrogens is 244 g/mol. The van der Waals surface area contributed by atoms with Crippen LogP contribution in [0.1, 0.15) is 39.0 Å². The van der Waals surface area contributed by atoms with Gasteiger partial charge >= 0.3 is 5.97 Å². The highest BCUT2D eigenvalue weighted by atomic mass is 16.5. The molecule has 0 radical (unpaired) electrons. The summed E-state index contributed by atoms with van der Waals surface area (Å²) < 4.78 is 5.58. The molecule has 0 amide bonds. The highest BCUT2D eigenvalue weighted by Crippen LogP contribution is 2.24. The fourth-order valence-electron chi connectivity index (χ4n) is 3.09. The fourth-order valence-corrected chi connectivity index (χ4v) is 3.09. The van der Waals surface area contributed by atoms with E-state index in [0.29, 0.717) is 19.4 Å². The Labute approximate surface area is 115 Å². The summed E-state index contributed by atoms with van der Waals surface area (Å²) in [5, 5.41) is 12.9. The fraction of sp³-hybridized carbons (Fsp3) is 0.929. The first-order valence-electron chi connectivity index (χ1n) is 7.49. The second-order valence-corrected chi connectivity index (χ2v) is 5.69. The lowest BCUT2D eigenvalue weighted by Crippen LogP contribution is -2.54. The zero-order valence-corrected chi connectivity index (χ0v) is 11.9. The van der Waals surface area contributed by atoms with Gasteiger partial charge in [0.05, 0.1) is 6.10 Å². The third-order valence-corrected chi connectivity index (χ3v) is 4.48. The van der Waals surface area contributed by atoms with E-state index in [1.807, 2.05) is 0 Å². The number of aliphatic carboxylic acids is 1. The van der Waals surface area contributed by atoms with Crippen LogP contribution in [-0.2, 0) is 9.53 Å². The van der Waals surface area contributed by atoms with Crippen molar-refractivity contribution in [1.82, 2.24) is 10.2 Å². The highest BCUT2D eigenvalue weighted by molar-refractivity contribution is 5.78. The molecular formula is C14H26N2O3. The number of nitrogens with one attached hydrogen (secondary N) is 1. The number of hydrogen-bond acceptors (Lipinski definition) is 4. The molecule has 2 heterocycles. The summed E-state index contributed by atoms with van der Waals surface area (Å²) in [6.45, 7) is 6.48. The molecule has 2 saturated heterocycles. The maximum Gasteiger partial charge on any atom is 0.323 e. The van der Waals surface area contributed by atoms with Crippen molar-refractivity contribution >= 4 is 5.97 Å². The predicted octanol–water partition coefficient (Wildman–Crippen LogP) is 1.08. The quantitative estimate of drug-likeness (QED) is 0.783. The van der Waals surface area contributed by atoms with Gasteiger partial charge in [-0.2, -0.15) is 0 Å². The summed E-state index contributed by atoms with van der Waals surface area (Å²) in [4.78, 5) is 14.0. The number of likely N-dealkylation sites (tertiary alicyclic amines) is 1. The van der Waals surface area contributed by atoms with Gasteiger partial charge in [0.1, 0.15) is 5.54 Å². The average Bonchev–Trinajstić information content (AvgIpc) is 2.82. The first-order valence-corrected chi connectivity index (χ1v) is 7.49. The van der Waals surface area contributed by atoms with Gasteiger partial charge in [0.25, 0.3) is 0 Å². The maximum absolute atomic E-state index is 11.7. The SMILES string of the molecule is CCN1CCCC(NCC2CCCO2)(C(=O)O)CC1. The van der Waals surface area contributed by atoms with E-state index in [4.69, 9.17) is 4.74 Å². The minimum Gasteiger partial charge on any atom is -0.480 e. The van der Waals surface area contributed by atoms with Crippen molar-refractivity contribution in [2.75, 3.05) is 32.8 Å². The smallest absolute Gasteiger partial charge is 0.323 e. The van der Waals surface area contributed by atoms with Gasteiger partial charge in [0, 0.05) is 19.7 Å². The Balaban J connectivity index is 1.94. The van der Waals surface area contributed by atoms with Gasteiger partial charge in [-0.1, -0.05) is 6.92 Å². The van der Waals surface area contributed by atoms with Crippen LogP contribution in [0.2, 0.25) is 0 Å². The molecule has 2 aliphatic heterocycles. The molecule has 0 aromatic carbocycles. The third-order valence-electron chi connectivity index (χ3n) is 4.48. The summed E-state index contributed by atoms with van der Waals surface area (Å²) >= 11 is 0. The van der Waals surface area contributed by atoms with Crippen LogP contribution in [0.5, 0.6) is 0 Å². The molecule has 19 heavy (non-hydrogen) atoms. The maximum atomic E-state index is 11.7. The lowest BCUT2D eigenvalue weighted by atomic mass is 9.90. The van der Waals surface area contributed by atoms with Gasteiger partial charge in [-0.15, -0.1) is 0 Å². The minimum atomic E-state index is -0.754. The van der Waals surface area contributed by atoms with E-state index in [2.05, 4.69) is 17.1 Å². The molecule has 0 saturated carbocycles. The van der Waals surface area contributed by atoms with E-state index in [9.17, 15) is 9.90 Å². The van der Waals surface area contributed by atoms with Gasteiger partial charge in [-0.3, -0.25) is 10.1 Å². The molecule has 0 spiro atoms. The Morgan fingerprint density at radius 2 is 2.26 bits per heavy atom. The number of ether oxygens (including phenoxy) is 1. The molecule has 0 aromatic heterocycles. The largest absolute Gasteiger partial charge is 0.480 e. The lowest BCUT2D eigenvalue weighted by molar-refractivity contribution is -0.145. The van der Waals surface area contributed by atoms with E-state index < -0.39 is 11.5 Å². The van der Waals surface area contributed by atoms with Crippen LogP contribution in [0.25, 0.3) is 0 Å². The summed E-state index contributed by atoms with van der Waals surface area (Å²) in [5.74, 6) is -0.705. The van der Waals surface area contributed by atoms with Crippen LogP contribution in [0, 0.1) is 0 Å². The molecule has 0 aromatic rings. The molecule has 2 unspecified atom stereocenters. The molecule has 0 aliphatic carbocycles. The normalized spacial score (nSPS) is 33.2. The number of carboxylic acids is 1. The van der Waals surface area contributed by atoms with Crippen LogP contribution in [-0.4, -0.2) is 60.4 Å². The highest BCUT2D eigenvalue weighted by Gasteiger charge is 2.39. The molecule has 2 aliphatic rings. The van der Waals surface area contributed by atoms with Crippen molar-refractivity contribution in [3.8, 4) is 0 Å². The van der Waals surface area contributed by atoms with E-state index in [1.165, 1.54) is 0 Å². The molecule has 2 rings (SSSR count). The zero-order chi connectivity index (χ0) is 13.7. The third kappa shape index (κ3) is 3.68. The van der Waals surface area contributed by atoms with E-state index in [-0.39, 0.29) is 6.10 Å². The van der Waals surface area contributed by atoms with Crippen molar-refractivity contribution in [2.24, 2.45) is 0 Å². The van der Waals surface area contributed by atoms with Crippen LogP contribution in [0.4, 0.5) is 0 Å². The van der Waals surface area contributed by atoms with Crippen molar-refractivity contribution in [2.45, 2.75) is 50.7 Å². The Kier molecular flexibility index (Phi) is 5.19. The summed E-state index contributed by atoms with van der Waals surface area (Å²) in [5.41, 5.74) is -0.754. The zero-order valence-electron chi connectivity index (χ0n) is 11.9. The topological polar surface area (TPSA) is 61.8 Å². The Morgan fingerprint density at radius 3 is 2.89 bits per heavy atom. The summed E-state index contributed by atoms with van der Waals surface area (Å²) in [7, 11) is 0. The lowest BCUT2D eigenvalue weighted by Gasteiger charge is -2.30. The standard InChI is InChI=1S/C14H26N2O3/c1-2-16-8-4-6-14(7-9-16,13(17)18)15-11-12-5-3-10-19-12/h12,15H,2-11H2,1H3,(H,17,18). The molecule has 5 nitrogen and oxygen atoms in total. The van der Waals surface area contributed by atoms with Gasteiger partial charge in [0.15, 0.2) is 0 Å². The molecule has 110 valence electrons. The van der Waals surface area contributed by atoms with Gasteiger partial charge < -0.3 is 14.7 Å². The van der Waals surface area contributed by atoms with E-state index in [0.717, 1.165) is 45.5 Å². The summed E-state index contributed by atoms with van der Waals surface area (Å²) in [6.07, 6.45) is 4.68. The predicted molar refractivity (Wildman–Crippen MR) is 73.3 cm³/mol. The number of nitrogens with zero attached hydrogens (tertiary/aromatic N) is 1. The van der Waals surface area contributed by atoms with E-state index in [1.54, 1.807) is 0 Å². The van der Waals surface area contributed by atoms with Crippen molar-refractivity contribution in [3.63, 3.8) is 0 Å².